The van der Waals surface area contributed by atoms with Crippen molar-refractivity contribution in [2.24, 2.45) is 0 Å². The van der Waals surface area contributed by atoms with Crippen LogP contribution in [0.3, 0.4) is 0 Å². The average Bonchev–Trinajstić information content (AvgIpc) is 1.88. The summed E-state index contributed by atoms with van der Waals surface area (Å²) in [7, 11) is 0. The molecule has 10 heavy (non-hydrogen) atoms. The van der Waals surface area contributed by atoms with Gasteiger partial charge in [0.2, 0.25) is 0 Å². The number of rotatable bonds is 2. The molecule has 0 saturated carbocycles. The molecule has 1 rings (SSSR count). The number of hydrogen-bond acceptors (Lipinski definition) is 1. The molecular formula is C8H9ClS. The molecule has 0 fully saturated rings. The van der Waals surface area contributed by atoms with E-state index < -0.39 is 0 Å². The van der Waals surface area contributed by atoms with Crippen LogP contribution in [-0.4, -0.2) is 5.88 Å². The first kappa shape index (κ1) is 7.96. The highest BCUT2D eigenvalue weighted by atomic mass is 35.5. The van der Waals surface area contributed by atoms with Gasteiger partial charge in [0.1, 0.15) is 0 Å². The zero-order valence-corrected chi connectivity index (χ0v) is 7.20. The fraction of sp³-hybridized carbons (Fsp3) is 0.250. The van der Waals surface area contributed by atoms with Crippen LogP contribution in [0.4, 0.5) is 0 Å². The zero-order chi connectivity index (χ0) is 7.40. The molecule has 1 aromatic carbocycles. The molecule has 0 heterocycles. The summed E-state index contributed by atoms with van der Waals surface area (Å²) in [5.41, 5.74) is 1.25. The van der Waals surface area contributed by atoms with Gasteiger partial charge < -0.3 is 0 Å². The van der Waals surface area contributed by atoms with E-state index in [9.17, 15) is 0 Å². The van der Waals surface area contributed by atoms with Crippen LogP contribution in [0.25, 0.3) is 0 Å². The Morgan fingerprint density at radius 3 is 2.80 bits per heavy atom. The minimum atomic E-state index is 0.678. The second kappa shape index (κ2) is 3.89. The van der Waals surface area contributed by atoms with Crippen molar-refractivity contribution < 1.29 is 0 Å². The molecule has 0 aliphatic rings. The molecule has 2 heteroatoms. The van der Waals surface area contributed by atoms with Crippen molar-refractivity contribution in [2.45, 2.75) is 11.3 Å². The van der Waals surface area contributed by atoms with Gasteiger partial charge in [-0.3, -0.25) is 0 Å². The maximum atomic E-state index is 5.56. The number of hydrogen-bond donors (Lipinski definition) is 1. The summed E-state index contributed by atoms with van der Waals surface area (Å²) in [6.07, 6.45) is 0.927. The lowest BCUT2D eigenvalue weighted by Gasteiger charge is -1.96. The van der Waals surface area contributed by atoms with E-state index in [-0.39, 0.29) is 0 Å². The van der Waals surface area contributed by atoms with Crippen molar-refractivity contribution in [1.29, 1.82) is 0 Å². The summed E-state index contributed by atoms with van der Waals surface area (Å²) >= 11 is 9.77. The molecule has 1 aromatic rings. The highest BCUT2D eigenvalue weighted by Gasteiger charge is 1.90. The Hall–Kier alpha value is -0.140. The van der Waals surface area contributed by atoms with Gasteiger partial charge in [0.15, 0.2) is 0 Å². The van der Waals surface area contributed by atoms with Crippen LogP contribution in [0.1, 0.15) is 5.56 Å². The third-order valence-corrected chi connectivity index (χ3v) is 1.76. The van der Waals surface area contributed by atoms with Gasteiger partial charge in [-0.05, 0) is 24.1 Å². The topological polar surface area (TPSA) is 0 Å². The Kier molecular flexibility index (Phi) is 3.10. The molecule has 54 valence electrons. The van der Waals surface area contributed by atoms with Crippen molar-refractivity contribution in [3.63, 3.8) is 0 Å². The fourth-order valence-corrected chi connectivity index (χ4v) is 1.29. The quantitative estimate of drug-likeness (QED) is 0.515. The number of aryl methyl sites for hydroxylation is 1. The fourth-order valence-electron chi connectivity index (χ4n) is 0.821. The maximum Gasteiger partial charge on any atom is 0.0263 e. The Morgan fingerprint density at radius 2 is 2.20 bits per heavy atom. The first-order valence-corrected chi connectivity index (χ1v) is 4.15. The van der Waals surface area contributed by atoms with Gasteiger partial charge in [-0.1, -0.05) is 12.1 Å². The SMILES string of the molecule is Sc1cccc(CCCl)c1. The van der Waals surface area contributed by atoms with Crippen LogP contribution < -0.4 is 0 Å². The lowest BCUT2D eigenvalue weighted by molar-refractivity contribution is 1.13. The van der Waals surface area contributed by atoms with Crippen LogP contribution in [0, 0.1) is 0 Å². The van der Waals surface area contributed by atoms with E-state index >= 15 is 0 Å². The molecule has 0 aromatic heterocycles. The number of alkyl halides is 1. The predicted molar refractivity (Wildman–Crippen MR) is 48.1 cm³/mol. The summed E-state index contributed by atoms with van der Waals surface area (Å²) in [6.45, 7) is 0. The molecule has 0 bridgehead atoms. The van der Waals surface area contributed by atoms with E-state index in [1.54, 1.807) is 0 Å². The largest absolute Gasteiger partial charge is 0.143 e. The first-order chi connectivity index (χ1) is 4.83. The number of thiol groups is 1. The third kappa shape index (κ3) is 2.24. The van der Waals surface area contributed by atoms with Crippen molar-refractivity contribution in [1.82, 2.24) is 0 Å². The molecule has 0 nitrogen and oxygen atoms in total. The van der Waals surface area contributed by atoms with Gasteiger partial charge in [0, 0.05) is 10.8 Å². The van der Waals surface area contributed by atoms with Crippen LogP contribution in [0.15, 0.2) is 29.2 Å². The molecule has 0 N–H and O–H groups in total. The second-order valence-electron chi connectivity index (χ2n) is 2.11. The molecular weight excluding hydrogens is 164 g/mol. The van der Waals surface area contributed by atoms with E-state index in [1.807, 2.05) is 18.2 Å². The summed E-state index contributed by atoms with van der Waals surface area (Å²) in [5.74, 6) is 0.678. The van der Waals surface area contributed by atoms with Crippen molar-refractivity contribution in [3.05, 3.63) is 29.8 Å². The Balaban J connectivity index is 2.75. The Labute approximate surface area is 71.6 Å². The lowest BCUT2D eigenvalue weighted by Crippen LogP contribution is -1.84. The number of benzene rings is 1. The van der Waals surface area contributed by atoms with Crippen molar-refractivity contribution in [2.75, 3.05) is 5.88 Å². The third-order valence-electron chi connectivity index (χ3n) is 1.29. The minimum absolute atomic E-state index is 0.678. The Morgan fingerprint density at radius 1 is 1.40 bits per heavy atom. The van der Waals surface area contributed by atoms with Crippen molar-refractivity contribution >= 4 is 24.2 Å². The van der Waals surface area contributed by atoms with E-state index in [4.69, 9.17) is 11.6 Å². The number of halogens is 1. The van der Waals surface area contributed by atoms with Crippen LogP contribution in [0.2, 0.25) is 0 Å². The summed E-state index contributed by atoms with van der Waals surface area (Å²) in [4.78, 5) is 1.00. The zero-order valence-electron chi connectivity index (χ0n) is 5.55. The van der Waals surface area contributed by atoms with Gasteiger partial charge in [-0.15, -0.1) is 24.2 Å². The minimum Gasteiger partial charge on any atom is -0.143 e. The highest BCUT2D eigenvalue weighted by molar-refractivity contribution is 7.80. The standard InChI is InChI=1S/C8H9ClS/c9-5-4-7-2-1-3-8(10)6-7/h1-3,6,10H,4-5H2. The first-order valence-electron chi connectivity index (χ1n) is 3.17. The molecule has 0 amide bonds. The van der Waals surface area contributed by atoms with Gasteiger partial charge in [-0.25, -0.2) is 0 Å². The van der Waals surface area contributed by atoms with Crippen molar-refractivity contribution in [3.8, 4) is 0 Å². The highest BCUT2D eigenvalue weighted by Crippen LogP contribution is 2.09. The molecule has 0 aliphatic carbocycles. The summed E-state index contributed by atoms with van der Waals surface area (Å²) in [5, 5.41) is 0. The van der Waals surface area contributed by atoms with Gasteiger partial charge >= 0.3 is 0 Å². The molecule has 0 radical (unpaired) electrons. The summed E-state index contributed by atoms with van der Waals surface area (Å²) < 4.78 is 0. The average molecular weight is 173 g/mol. The molecule has 0 saturated heterocycles. The summed E-state index contributed by atoms with van der Waals surface area (Å²) in [6, 6.07) is 8.04. The molecule has 0 spiro atoms. The van der Waals surface area contributed by atoms with Gasteiger partial charge in [-0.2, -0.15) is 0 Å². The molecule has 0 unspecified atom stereocenters. The smallest absolute Gasteiger partial charge is 0.0263 e. The lowest BCUT2D eigenvalue weighted by atomic mass is 10.2. The maximum absolute atomic E-state index is 5.56. The van der Waals surface area contributed by atoms with E-state index in [1.165, 1.54) is 5.56 Å². The predicted octanol–water partition coefficient (Wildman–Crippen LogP) is 2.76. The molecule has 0 atom stereocenters. The normalized spacial score (nSPS) is 9.80. The van der Waals surface area contributed by atoms with Crippen LogP contribution in [0.5, 0.6) is 0 Å². The molecule has 0 aliphatic heterocycles. The van der Waals surface area contributed by atoms with Gasteiger partial charge in [0.05, 0.1) is 0 Å². The van der Waals surface area contributed by atoms with Gasteiger partial charge in [0.25, 0.3) is 0 Å². The second-order valence-corrected chi connectivity index (χ2v) is 3.00. The Bertz CT molecular complexity index is 210. The monoisotopic (exact) mass is 172 g/mol. The van der Waals surface area contributed by atoms with Crippen LogP contribution in [-0.2, 0) is 6.42 Å². The van der Waals surface area contributed by atoms with Crippen LogP contribution >= 0.6 is 24.2 Å². The van der Waals surface area contributed by atoms with E-state index in [2.05, 4.69) is 18.7 Å². The van der Waals surface area contributed by atoms with E-state index in [0.717, 1.165) is 11.3 Å². The van der Waals surface area contributed by atoms with E-state index in [0.29, 0.717) is 5.88 Å².